The Balaban J connectivity index is 1.09. The molecule has 2 aliphatic rings. The summed E-state index contributed by atoms with van der Waals surface area (Å²) in [6.07, 6.45) is 4.01. The highest BCUT2D eigenvalue weighted by Crippen LogP contribution is 2.38. The Kier molecular flexibility index (Phi) is 9.59. The number of nitrogens with zero attached hydrogens (tertiary/aromatic N) is 7. The van der Waals surface area contributed by atoms with Gasteiger partial charge in [-0.3, -0.25) is 14.7 Å². The summed E-state index contributed by atoms with van der Waals surface area (Å²) in [5.41, 5.74) is 7.18. The molecule has 14 heteroatoms. The van der Waals surface area contributed by atoms with E-state index in [1.54, 1.807) is 22.6 Å². The predicted octanol–water partition coefficient (Wildman–Crippen LogP) is 6.24. The summed E-state index contributed by atoms with van der Waals surface area (Å²) >= 11 is 7.00. The van der Waals surface area contributed by atoms with E-state index in [4.69, 9.17) is 21.3 Å². The number of fused-ring (bicyclic) bond motifs is 2. The minimum absolute atomic E-state index is 0.229. The number of aromatic nitrogens is 5. The van der Waals surface area contributed by atoms with Crippen molar-refractivity contribution < 1.29 is 19.4 Å². The first kappa shape index (κ1) is 35.3. The Hall–Kier alpha value is -5.11. The second-order valence-corrected chi connectivity index (χ2v) is 14.8. The van der Waals surface area contributed by atoms with Gasteiger partial charge in [-0.1, -0.05) is 35.9 Å². The van der Waals surface area contributed by atoms with E-state index >= 15 is 0 Å². The zero-order chi connectivity index (χ0) is 36.7. The number of imidazole rings is 1. The summed E-state index contributed by atoms with van der Waals surface area (Å²) in [5.74, 6) is 0.399. The van der Waals surface area contributed by atoms with Crippen molar-refractivity contribution in [2.45, 2.75) is 65.3 Å². The summed E-state index contributed by atoms with van der Waals surface area (Å²) < 4.78 is 7.32. The summed E-state index contributed by atoms with van der Waals surface area (Å²) in [7, 11) is 1.81. The average Bonchev–Trinajstić information content (AvgIpc) is 3.67. The Morgan fingerprint density at radius 3 is 2.58 bits per heavy atom. The molecule has 2 aromatic carbocycles. The molecule has 0 bridgehead atoms. The molecule has 5 aromatic rings. The molecule has 52 heavy (non-hydrogen) atoms. The van der Waals surface area contributed by atoms with Crippen LogP contribution in [0.3, 0.4) is 0 Å². The number of rotatable bonds is 7. The lowest BCUT2D eigenvalue weighted by atomic mass is 9.98. The molecule has 2 aliphatic heterocycles. The quantitative estimate of drug-likeness (QED) is 0.176. The van der Waals surface area contributed by atoms with Crippen LogP contribution in [-0.4, -0.2) is 82.7 Å². The van der Waals surface area contributed by atoms with Gasteiger partial charge in [-0.2, -0.15) is 0 Å². The number of aliphatic hydroxyl groups is 1. The molecule has 270 valence electrons. The summed E-state index contributed by atoms with van der Waals surface area (Å²) in [6, 6.07) is 13.4. The minimum Gasteiger partial charge on any atom is -0.444 e. The van der Waals surface area contributed by atoms with Crippen molar-refractivity contribution in [1.82, 2.24) is 34.3 Å². The number of aliphatic hydroxyl groups excluding tert-OH is 1. The molecule has 7 rings (SSSR count). The average molecular weight is 724 g/mol. The molecule has 3 N–H and O–H groups in total. The Morgan fingerprint density at radius 2 is 1.83 bits per heavy atom. The van der Waals surface area contributed by atoms with E-state index in [9.17, 15) is 14.7 Å². The van der Waals surface area contributed by atoms with Gasteiger partial charge in [0.2, 0.25) is 0 Å². The third-order valence-corrected chi connectivity index (χ3v) is 9.83. The molecule has 0 radical (unpaired) electrons. The molecular weight excluding hydrogens is 682 g/mol. The lowest BCUT2D eigenvalue weighted by Crippen LogP contribution is -2.40. The van der Waals surface area contributed by atoms with E-state index in [1.807, 2.05) is 70.3 Å². The highest BCUT2D eigenvalue weighted by molar-refractivity contribution is 6.36. The molecule has 3 aromatic heterocycles. The number of carbonyl (C=O) groups is 2. The van der Waals surface area contributed by atoms with Gasteiger partial charge < -0.3 is 29.9 Å². The molecule has 1 atom stereocenters. The minimum atomic E-state index is -0.606. The van der Waals surface area contributed by atoms with Gasteiger partial charge >= 0.3 is 6.09 Å². The Morgan fingerprint density at radius 1 is 1.06 bits per heavy atom. The molecular formula is C38H42ClN9O4. The maximum Gasteiger partial charge on any atom is 0.410 e. The maximum atomic E-state index is 13.6. The lowest BCUT2D eigenvalue weighted by Gasteiger charge is -2.29. The van der Waals surface area contributed by atoms with Crippen LogP contribution < -0.4 is 10.6 Å². The van der Waals surface area contributed by atoms with Crippen LogP contribution in [0.25, 0.3) is 22.2 Å². The van der Waals surface area contributed by atoms with E-state index in [0.29, 0.717) is 53.8 Å². The van der Waals surface area contributed by atoms with Crippen LogP contribution in [0.2, 0.25) is 5.02 Å². The molecule has 13 nitrogen and oxygen atoms in total. The summed E-state index contributed by atoms with van der Waals surface area (Å²) in [5, 5.41) is 16.7. The summed E-state index contributed by atoms with van der Waals surface area (Å²) in [6.45, 7) is 10.4. The maximum absolute atomic E-state index is 13.6. The number of β-amino-alcohol motifs (C(OH)–C–C–N with tert-alkyl or cyclic N) is 1. The number of benzene rings is 2. The van der Waals surface area contributed by atoms with Crippen molar-refractivity contribution in [2.75, 3.05) is 30.3 Å². The second kappa shape index (κ2) is 14.1. The number of ether oxygens (including phenoxy) is 1. The fourth-order valence-electron chi connectivity index (χ4n) is 6.80. The van der Waals surface area contributed by atoms with Crippen molar-refractivity contribution in [1.29, 1.82) is 0 Å². The highest BCUT2D eigenvalue weighted by Gasteiger charge is 2.30. The van der Waals surface area contributed by atoms with Crippen LogP contribution in [0.4, 0.5) is 22.0 Å². The van der Waals surface area contributed by atoms with Gasteiger partial charge in [-0.05, 0) is 69.0 Å². The van der Waals surface area contributed by atoms with Crippen LogP contribution in [0, 0.1) is 6.92 Å². The van der Waals surface area contributed by atoms with E-state index in [2.05, 4.69) is 30.5 Å². The SMILES string of the molecule is Cc1c(Nc2ncnc3cc(CN4CC[C@@H](O)C4)cnc23)cccc1-c1cccc(NC(=O)c2nc3c(n2C)CCN(C(=O)OC(C)(C)C)C3)c1Cl. The molecule has 0 spiro atoms. The largest absolute Gasteiger partial charge is 0.444 e. The van der Waals surface area contributed by atoms with Gasteiger partial charge in [0.05, 0.1) is 34.6 Å². The second-order valence-electron chi connectivity index (χ2n) is 14.4. The van der Waals surface area contributed by atoms with Crippen molar-refractivity contribution in [3.63, 3.8) is 0 Å². The number of carbonyl (C=O) groups excluding carboxylic acids is 2. The molecule has 0 aliphatic carbocycles. The van der Waals surface area contributed by atoms with Gasteiger partial charge in [0, 0.05) is 62.8 Å². The van der Waals surface area contributed by atoms with Gasteiger partial charge in [-0.25, -0.2) is 19.7 Å². The lowest BCUT2D eigenvalue weighted by molar-refractivity contribution is 0.0220. The van der Waals surface area contributed by atoms with Crippen LogP contribution in [0.15, 0.2) is 55.0 Å². The third-order valence-electron chi connectivity index (χ3n) is 9.42. The first-order valence-corrected chi connectivity index (χ1v) is 17.7. The van der Waals surface area contributed by atoms with Crippen molar-refractivity contribution in [2.24, 2.45) is 7.05 Å². The summed E-state index contributed by atoms with van der Waals surface area (Å²) in [4.78, 5) is 48.4. The number of hydrogen-bond donors (Lipinski definition) is 3. The number of amides is 2. The van der Waals surface area contributed by atoms with Crippen LogP contribution in [0.1, 0.15) is 60.3 Å². The molecule has 0 unspecified atom stereocenters. The number of likely N-dealkylation sites (tertiary alicyclic amines) is 1. The van der Waals surface area contributed by atoms with E-state index in [-0.39, 0.29) is 18.5 Å². The van der Waals surface area contributed by atoms with E-state index in [1.165, 1.54) is 6.33 Å². The highest BCUT2D eigenvalue weighted by atomic mass is 35.5. The van der Waals surface area contributed by atoms with E-state index in [0.717, 1.165) is 52.1 Å². The fraction of sp³-hybridized carbons (Fsp3) is 0.368. The standard InChI is InChI=1S/C38H42ClN9O4/c1-22-25(8-6-10-27(22)43-34-33-29(41-21-42-34)16-23(17-40-33)18-47-14-12-24(49)19-47)26-9-7-11-28(32(26)39)45-36(50)35-44-30-20-48(15-13-31(30)46(35)5)37(51)52-38(2,3)4/h6-11,16-17,21,24,49H,12-15,18-20H2,1-5H3,(H,45,50)(H,41,42,43)/t24-/m1/s1. The van der Waals surface area contributed by atoms with Gasteiger partial charge in [-0.15, -0.1) is 0 Å². The topological polar surface area (TPSA) is 151 Å². The predicted molar refractivity (Wildman–Crippen MR) is 200 cm³/mol. The van der Waals surface area contributed by atoms with Crippen LogP contribution in [-0.2, 0) is 31.3 Å². The van der Waals surface area contributed by atoms with Crippen molar-refractivity contribution in [3.8, 4) is 11.1 Å². The molecule has 5 heterocycles. The number of halogens is 1. The van der Waals surface area contributed by atoms with Gasteiger partial charge in [0.25, 0.3) is 5.91 Å². The fourth-order valence-corrected chi connectivity index (χ4v) is 7.07. The van der Waals surface area contributed by atoms with Crippen molar-refractivity contribution >= 4 is 51.8 Å². The first-order chi connectivity index (χ1) is 24.8. The molecule has 1 fully saturated rings. The van der Waals surface area contributed by atoms with Gasteiger partial charge in [0.15, 0.2) is 11.6 Å². The molecule has 1 saturated heterocycles. The number of nitrogens with one attached hydrogen (secondary N) is 2. The third kappa shape index (κ3) is 7.29. The molecule has 0 saturated carbocycles. The monoisotopic (exact) mass is 723 g/mol. The van der Waals surface area contributed by atoms with Crippen LogP contribution in [0.5, 0.6) is 0 Å². The Labute approximate surface area is 307 Å². The zero-order valence-electron chi connectivity index (χ0n) is 29.9. The number of anilines is 3. The smallest absolute Gasteiger partial charge is 0.410 e. The number of hydrogen-bond acceptors (Lipinski definition) is 10. The zero-order valence-corrected chi connectivity index (χ0v) is 30.7. The molecule has 2 amide bonds. The van der Waals surface area contributed by atoms with Gasteiger partial charge in [0.1, 0.15) is 17.4 Å². The van der Waals surface area contributed by atoms with Crippen LogP contribution >= 0.6 is 11.6 Å². The number of pyridine rings is 1. The normalized spacial score (nSPS) is 16.2. The first-order valence-electron chi connectivity index (χ1n) is 17.3. The van der Waals surface area contributed by atoms with Crippen molar-refractivity contribution in [3.05, 3.63) is 88.4 Å². The Bertz CT molecular complexity index is 2180. The van der Waals surface area contributed by atoms with E-state index < -0.39 is 17.6 Å².